The van der Waals surface area contributed by atoms with Crippen LogP contribution in [0.1, 0.15) is 18.9 Å². The van der Waals surface area contributed by atoms with Crippen LogP contribution in [0.5, 0.6) is 0 Å². The fourth-order valence-electron chi connectivity index (χ4n) is 2.56. The molecule has 0 bridgehead atoms. The summed E-state index contributed by atoms with van der Waals surface area (Å²) in [4.78, 5) is 2.46. The molecule has 100 valence electrons. The van der Waals surface area contributed by atoms with Crippen LogP contribution in [0.4, 0.5) is 5.69 Å². The third kappa shape index (κ3) is 3.47. The molecule has 1 unspecified atom stereocenters. The fraction of sp³-hybridized carbons (Fsp3) is 0.600. The molecule has 0 aliphatic carbocycles. The van der Waals surface area contributed by atoms with E-state index in [-0.39, 0.29) is 0 Å². The van der Waals surface area contributed by atoms with Crippen molar-refractivity contribution in [3.05, 3.63) is 29.8 Å². The van der Waals surface area contributed by atoms with Gasteiger partial charge in [0.1, 0.15) is 0 Å². The van der Waals surface area contributed by atoms with Crippen LogP contribution in [0.2, 0.25) is 0 Å². The molecule has 1 aromatic rings. The smallest absolute Gasteiger partial charge is 0.0372 e. The summed E-state index contributed by atoms with van der Waals surface area (Å²) < 4.78 is 0. The second kappa shape index (κ2) is 6.76. The minimum Gasteiger partial charge on any atom is -0.385 e. The van der Waals surface area contributed by atoms with Gasteiger partial charge < -0.3 is 15.5 Å². The lowest BCUT2D eigenvalue weighted by atomic mass is 10.1. The minimum atomic E-state index is 0.667. The van der Waals surface area contributed by atoms with Crippen LogP contribution >= 0.6 is 0 Å². The molecular formula is C15H25N3. The summed E-state index contributed by atoms with van der Waals surface area (Å²) in [5.41, 5.74) is 2.71. The monoisotopic (exact) mass is 247 g/mol. The number of nitrogens with one attached hydrogen (secondary N) is 2. The van der Waals surface area contributed by atoms with E-state index in [4.69, 9.17) is 0 Å². The number of anilines is 1. The molecule has 1 aromatic carbocycles. The average molecular weight is 247 g/mol. The summed E-state index contributed by atoms with van der Waals surface area (Å²) in [6, 6.07) is 9.27. The molecule has 1 fully saturated rings. The Morgan fingerprint density at radius 2 is 2.22 bits per heavy atom. The van der Waals surface area contributed by atoms with E-state index in [1.807, 2.05) is 0 Å². The lowest BCUT2D eigenvalue weighted by Crippen LogP contribution is -2.49. The number of hydrogen-bond donors (Lipinski definition) is 2. The molecule has 2 N–H and O–H groups in total. The van der Waals surface area contributed by atoms with Crippen molar-refractivity contribution in [3.8, 4) is 0 Å². The number of hydrogen-bond acceptors (Lipinski definition) is 3. The Morgan fingerprint density at radius 1 is 1.39 bits per heavy atom. The van der Waals surface area contributed by atoms with E-state index in [0.717, 1.165) is 32.6 Å². The van der Waals surface area contributed by atoms with Crippen molar-refractivity contribution in [2.75, 3.05) is 38.5 Å². The lowest BCUT2D eigenvalue weighted by molar-refractivity contribution is 0.194. The average Bonchev–Trinajstić information content (AvgIpc) is 2.41. The second-order valence-electron chi connectivity index (χ2n) is 5.06. The molecule has 0 radical (unpaired) electrons. The van der Waals surface area contributed by atoms with Crippen molar-refractivity contribution < 1.29 is 0 Å². The highest BCUT2D eigenvalue weighted by molar-refractivity contribution is 5.50. The number of nitrogens with zero attached hydrogens (tertiary/aromatic N) is 1. The van der Waals surface area contributed by atoms with Gasteiger partial charge in [-0.05, 0) is 31.5 Å². The molecule has 1 aliphatic rings. The molecular weight excluding hydrogens is 222 g/mol. The Balaban J connectivity index is 1.80. The normalized spacial score (nSPS) is 20.9. The van der Waals surface area contributed by atoms with Crippen molar-refractivity contribution in [1.82, 2.24) is 10.2 Å². The Morgan fingerprint density at radius 3 is 3.00 bits per heavy atom. The molecule has 3 heteroatoms. The topological polar surface area (TPSA) is 27.3 Å². The van der Waals surface area contributed by atoms with Crippen LogP contribution in [-0.4, -0.2) is 44.2 Å². The van der Waals surface area contributed by atoms with Gasteiger partial charge in [0.15, 0.2) is 0 Å². The summed E-state index contributed by atoms with van der Waals surface area (Å²) in [6.45, 7) is 6.66. The SMILES string of the molecule is CCc1ccccc1NCCC1CNCCN1C. The summed E-state index contributed by atoms with van der Waals surface area (Å²) in [5, 5.41) is 7.04. The van der Waals surface area contributed by atoms with Crippen LogP contribution in [0.15, 0.2) is 24.3 Å². The largest absolute Gasteiger partial charge is 0.385 e. The molecule has 0 spiro atoms. The first-order valence-electron chi connectivity index (χ1n) is 7.04. The van der Waals surface area contributed by atoms with E-state index in [1.165, 1.54) is 17.7 Å². The van der Waals surface area contributed by atoms with Crippen LogP contribution in [-0.2, 0) is 6.42 Å². The van der Waals surface area contributed by atoms with Gasteiger partial charge in [0.25, 0.3) is 0 Å². The van der Waals surface area contributed by atoms with Gasteiger partial charge in [0.2, 0.25) is 0 Å². The first-order valence-corrected chi connectivity index (χ1v) is 7.04. The second-order valence-corrected chi connectivity index (χ2v) is 5.06. The standard InChI is InChI=1S/C15H25N3/c1-3-13-6-4-5-7-15(13)17-9-8-14-12-16-10-11-18(14)2/h4-7,14,16-17H,3,8-12H2,1-2H3. The number of rotatable bonds is 5. The summed E-state index contributed by atoms with van der Waals surface area (Å²) in [6.07, 6.45) is 2.29. The van der Waals surface area contributed by atoms with Crippen LogP contribution in [0.25, 0.3) is 0 Å². The predicted molar refractivity (Wildman–Crippen MR) is 78.2 cm³/mol. The summed E-state index contributed by atoms with van der Waals surface area (Å²) >= 11 is 0. The quantitative estimate of drug-likeness (QED) is 0.833. The molecule has 0 saturated carbocycles. The number of piperazine rings is 1. The molecule has 1 heterocycles. The Labute approximate surface area is 111 Å². The molecule has 1 aliphatic heterocycles. The van der Waals surface area contributed by atoms with Gasteiger partial charge in [-0.3, -0.25) is 0 Å². The first kappa shape index (κ1) is 13.4. The van der Waals surface area contributed by atoms with E-state index in [0.29, 0.717) is 6.04 Å². The number of benzene rings is 1. The van der Waals surface area contributed by atoms with Crippen molar-refractivity contribution in [3.63, 3.8) is 0 Å². The predicted octanol–water partition coefficient (Wildman–Crippen LogP) is 1.95. The van der Waals surface area contributed by atoms with Crippen LogP contribution in [0.3, 0.4) is 0 Å². The van der Waals surface area contributed by atoms with Crippen molar-refractivity contribution in [1.29, 1.82) is 0 Å². The molecule has 3 nitrogen and oxygen atoms in total. The van der Waals surface area contributed by atoms with Crippen molar-refractivity contribution in [2.45, 2.75) is 25.8 Å². The molecule has 1 saturated heterocycles. The van der Waals surface area contributed by atoms with Crippen LogP contribution < -0.4 is 10.6 Å². The number of aryl methyl sites for hydroxylation is 1. The third-order valence-electron chi connectivity index (χ3n) is 3.84. The Kier molecular flexibility index (Phi) is 5.02. The van der Waals surface area contributed by atoms with Gasteiger partial charge in [-0.25, -0.2) is 0 Å². The minimum absolute atomic E-state index is 0.667. The summed E-state index contributed by atoms with van der Waals surface area (Å²) in [5.74, 6) is 0. The Bertz CT molecular complexity index is 365. The van der Waals surface area contributed by atoms with E-state index < -0.39 is 0 Å². The maximum absolute atomic E-state index is 3.58. The molecule has 1 atom stereocenters. The van der Waals surface area contributed by atoms with E-state index in [9.17, 15) is 0 Å². The van der Waals surface area contributed by atoms with Gasteiger partial charge >= 0.3 is 0 Å². The highest BCUT2D eigenvalue weighted by Crippen LogP contribution is 2.15. The highest BCUT2D eigenvalue weighted by atomic mass is 15.2. The molecule has 2 rings (SSSR count). The third-order valence-corrected chi connectivity index (χ3v) is 3.84. The molecule has 0 amide bonds. The van der Waals surface area contributed by atoms with Crippen molar-refractivity contribution in [2.24, 2.45) is 0 Å². The maximum Gasteiger partial charge on any atom is 0.0372 e. The zero-order valence-corrected chi connectivity index (χ0v) is 11.6. The van der Waals surface area contributed by atoms with Gasteiger partial charge in [0.05, 0.1) is 0 Å². The van der Waals surface area contributed by atoms with Gasteiger partial charge in [-0.1, -0.05) is 25.1 Å². The number of likely N-dealkylation sites (N-methyl/N-ethyl adjacent to an activating group) is 1. The zero-order chi connectivity index (χ0) is 12.8. The maximum atomic E-state index is 3.58. The Hall–Kier alpha value is -1.06. The van der Waals surface area contributed by atoms with Gasteiger partial charge in [-0.2, -0.15) is 0 Å². The summed E-state index contributed by atoms with van der Waals surface area (Å²) in [7, 11) is 2.23. The van der Waals surface area contributed by atoms with E-state index in [2.05, 4.69) is 53.8 Å². The first-order chi connectivity index (χ1) is 8.81. The molecule has 0 aromatic heterocycles. The van der Waals surface area contributed by atoms with Gasteiger partial charge in [-0.15, -0.1) is 0 Å². The van der Waals surface area contributed by atoms with E-state index >= 15 is 0 Å². The van der Waals surface area contributed by atoms with Crippen LogP contribution in [0, 0.1) is 0 Å². The molecule has 18 heavy (non-hydrogen) atoms. The fourth-order valence-corrected chi connectivity index (χ4v) is 2.56. The lowest BCUT2D eigenvalue weighted by Gasteiger charge is -2.33. The number of para-hydroxylation sites is 1. The zero-order valence-electron chi connectivity index (χ0n) is 11.6. The highest BCUT2D eigenvalue weighted by Gasteiger charge is 2.17. The van der Waals surface area contributed by atoms with Gasteiger partial charge in [0, 0.05) is 37.9 Å². The van der Waals surface area contributed by atoms with E-state index in [1.54, 1.807) is 0 Å². The van der Waals surface area contributed by atoms with Crippen molar-refractivity contribution >= 4 is 5.69 Å².